The molecule has 0 heterocycles. The van der Waals surface area contributed by atoms with Crippen molar-refractivity contribution in [2.45, 2.75) is 64.9 Å². The lowest BCUT2D eigenvalue weighted by molar-refractivity contribution is 0.0206. The van der Waals surface area contributed by atoms with Crippen LogP contribution in [0.3, 0.4) is 0 Å². The van der Waals surface area contributed by atoms with Crippen LogP contribution in [-0.2, 0) is 4.74 Å². The van der Waals surface area contributed by atoms with Gasteiger partial charge in [0.25, 0.3) is 0 Å². The summed E-state index contributed by atoms with van der Waals surface area (Å²) in [7, 11) is 0. The van der Waals surface area contributed by atoms with Crippen molar-refractivity contribution in [1.82, 2.24) is 0 Å². The van der Waals surface area contributed by atoms with E-state index in [0.717, 1.165) is 12.8 Å². The van der Waals surface area contributed by atoms with Gasteiger partial charge in [-0.3, -0.25) is 0 Å². The van der Waals surface area contributed by atoms with Gasteiger partial charge in [0.2, 0.25) is 0 Å². The van der Waals surface area contributed by atoms with Gasteiger partial charge in [0.1, 0.15) is 11.4 Å². The number of hydrogen-bond donors (Lipinski definition) is 0. The zero-order chi connectivity index (χ0) is 19.2. The molecule has 0 aromatic heterocycles. The number of carbonyl (C=O) groups excluding carboxylic acids is 1. The fourth-order valence-electron chi connectivity index (χ4n) is 3.06. The molecule has 0 radical (unpaired) electrons. The van der Waals surface area contributed by atoms with Gasteiger partial charge in [-0.25, -0.2) is 4.79 Å². The lowest BCUT2D eigenvalue weighted by atomic mass is 9.85. The molecule has 140 valence electrons. The Morgan fingerprint density at radius 3 is 2.12 bits per heavy atom. The van der Waals surface area contributed by atoms with E-state index in [9.17, 15) is 4.79 Å². The summed E-state index contributed by atoms with van der Waals surface area (Å²) in [6.45, 7) is 9.93. The topological polar surface area (TPSA) is 35.5 Å². The summed E-state index contributed by atoms with van der Waals surface area (Å²) in [4.78, 5) is 11.7. The number of ether oxygens (including phenoxy) is 2. The summed E-state index contributed by atoms with van der Waals surface area (Å²) in [5.74, 6) is 1.48. The zero-order valence-corrected chi connectivity index (χ0v) is 16.5. The van der Waals surface area contributed by atoms with Crippen LogP contribution >= 0.6 is 0 Å². The Morgan fingerprint density at radius 1 is 0.962 bits per heavy atom. The van der Waals surface area contributed by atoms with E-state index in [0.29, 0.717) is 17.6 Å². The zero-order valence-electron chi connectivity index (χ0n) is 16.5. The molecule has 0 saturated carbocycles. The monoisotopic (exact) mass is 354 g/mol. The van der Waals surface area contributed by atoms with E-state index in [1.54, 1.807) is 0 Å². The third kappa shape index (κ3) is 6.21. The predicted octanol–water partition coefficient (Wildman–Crippen LogP) is 6.69. The Morgan fingerprint density at radius 2 is 1.58 bits per heavy atom. The fraction of sp³-hybridized carbons (Fsp3) is 0.435. The average Bonchev–Trinajstić information content (AvgIpc) is 2.59. The second kappa shape index (κ2) is 8.88. The SMILES string of the molecule is CCC(CC(C)c1ccc(OC(=O)OC(C)(C)C)cc1)c1ccccc1. The first-order valence-electron chi connectivity index (χ1n) is 9.34. The summed E-state index contributed by atoms with van der Waals surface area (Å²) in [5.41, 5.74) is 2.08. The van der Waals surface area contributed by atoms with Gasteiger partial charge in [0, 0.05) is 0 Å². The summed E-state index contributed by atoms with van der Waals surface area (Å²) in [6, 6.07) is 18.4. The molecule has 0 aliphatic rings. The fourth-order valence-corrected chi connectivity index (χ4v) is 3.06. The first kappa shape index (κ1) is 20.0. The van der Waals surface area contributed by atoms with Crippen LogP contribution in [0.2, 0.25) is 0 Å². The molecule has 0 spiro atoms. The summed E-state index contributed by atoms with van der Waals surface area (Å²) in [6.07, 6.45) is 1.54. The third-order valence-corrected chi connectivity index (χ3v) is 4.44. The molecule has 0 saturated heterocycles. The summed E-state index contributed by atoms with van der Waals surface area (Å²) < 4.78 is 10.4. The third-order valence-electron chi connectivity index (χ3n) is 4.44. The molecule has 0 amide bonds. The molecule has 26 heavy (non-hydrogen) atoms. The maximum atomic E-state index is 11.7. The summed E-state index contributed by atoms with van der Waals surface area (Å²) in [5, 5.41) is 0. The van der Waals surface area contributed by atoms with E-state index in [1.165, 1.54) is 11.1 Å². The highest BCUT2D eigenvalue weighted by molar-refractivity contribution is 5.64. The van der Waals surface area contributed by atoms with E-state index < -0.39 is 11.8 Å². The average molecular weight is 354 g/mol. The van der Waals surface area contributed by atoms with Gasteiger partial charge in [-0.2, -0.15) is 0 Å². The number of hydrogen-bond acceptors (Lipinski definition) is 3. The van der Waals surface area contributed by atoms with Gasteiger partial charge in [-0.05, 0) is 68.7 Å². The van der Waals surface area contributed by atoms with E-state index in [4.69, 9.17) is 9.47 Å². The van der Waals surface area contributed by atoms with E-state index in [1.807, 2.05) is 45.0 Å². The molecule has 3 heteroatoms. The predicted molar refractivity (Wildman–Crippen MR) is 106 cm³/mol. The van der Waals surface area contributed by atoms with Gasteiger partial charge in [-0.1, -0.05) is 56.3 Å². The lowest BCUT2D eigenvalue weighted by Gasteiger charge is -2.21. The Kier molecular flexibility index (Phi) is 6.84. The Labute approximate surface area is 157 Å². The first-order valence-corrected chi connectivity index (χ1v) is 9.34. The largest absolute Gasteiger partial charge is 0.514 e. The van der Waals surface area contributed by atoms with Crippen LogP contribution < -0.4 is 4.74 Å². The van der Waals surface area contributed by atoms with Crippen molar-refractivity contribution in [3.05, 3.63) is 65.7 Å². The molecule has 2 aromatic rings. The number of carbonyl (C=O) groups is 1. The molecule has 2 aromatic carbocycles. The Bertz CT molecular complexity index is 684. The molecule has 0 aliphatic carbocycles. The Balaban J connectivity index is 1.97. The van der Waals surface area contributed by atoms with Crippen molar-refractivity contribution in [1.29, 1.82) is 0 Å². The van der Waals surface area contributed by atoms with Crippen molar-refractivity contribution in [2.24, 2.45) is 0 Å². The quantitative estimate of drug-likeness (QED) is 0.428. The van der Waals surface area contributed by atoms with Crippen molar-refractivity contribution < 1.29 is 14.3 Å². The van der Waals surface area contributed by atoms with Crippen LogP contribution in [0.15, 0.2) is 54.6 Å². The van der Waals surface area contributed by atoms with Crippen LogP contribution in [0, 0.1) is 0 Å². The lowest BCUT2D eigenvalue weighted by Crippen LogP contribution is -2.25. The number of benzene rings is 2. The highest BCUT2D eigenvalue weighted by atomic mass is 16.7. The van der Waals surface area contributed by atoms with Crippen molar-refractivity contribution in [2.75, 3.05) is 0 Å². The van der Waals surface area contributed by atoms with Crippen molar-refractivity contribution in [3.63, 3.8) is 0 Å². The molecule has 2 atom stereocenters. The molecule has 2 rings (SSSR count). The molecule has 2 unspecified atom stereocenters. The van der Waals surface area contributed by atoms with Crippen LogP contribution in [-0.4, -0.2) is 11.8 Å². The minimum absolute atomic E-state index is 0.427. The van der Waals surface area contributed by atoms with Crippen LogP contribution in [0.5, 0.6) is 5.75 Å². The van der Waals surface area contributed by atoms with E-state index in [-0.39, 0.29) is 0 Å². The van der Waals surface area contributed by atoms with Gasteiger partial charge >= 0.3 is 6.16 Å². The Hall–Kier alpha value is -2.29. The molecule has 0 N–H and O–H groups in total. The molecular formula is C23H30O3. The molecule has 3 nitrogen and oxygen atoms in total. The second-order valence-corrected chi connectivity index (χ2v) is 7.79. The summed E-state index contributed by atoms with van der Waals surface area (Å²) >= 11 is 0. The van der Waals surface area contributed by atoms with Gasteiger partial charge in [-0.15, -0.1) is 0 Å². The smallest absolute Gasteiger partial charge is 0.428 e. The van der Waals surface area contributed by atoms with E-state index in [2.05, 4.69) is 44.2 Å². The van der Waals surface area contributed by atoms with E-state index >= 15 is 0 Å². The van der Waals surface area contributed by atoms with Crippen LogP contribution in [0.1, 0.15) is 70.4 Å². The van der Waals surface area contributed by atoms with Crippen molar-refractivity contribution >= 4 is 6.16 Å². The second-order valence-electron chi connectivity index (χ2n) is 7.79. The standard InChI is InChI=1S/C23H30O3/c1-6-18(20-10-8-7-9-11-20)16-17(2)19-12-14-21(15-13-19)25-22(24)26-23(3,4)5/h7-15,17-18H,6,16H2,1-5H3. The van der Waals surface area contributed by atoms with Gasteiger partial charge in [0.15, 0.2) is 0 Å². The minimum atomic E-state index is -0.673. The first-order chi connectivity index (χ1) is 12.3. The highest BCUT2D eigenvalue weighted by Gasteiger charge is 2.19. The van der Waals surface area contributed by atoms with Crippen LogP contribution in [0.25, 0.3) is 0 Å². The minimum Gasteiger partial charge on any atom is -0.428 e. The van der Waals surface area contributed by atoms with Gasteiger partial charge < -0.3 is 9.47 Å². The van der Waals surface area contributed by atoms with Crippen molar-refractivity contribution in [3.8, 4) is 5.75 Å². The molecule has 0 aliphatic heterocycles. The normalized spacial score (nSPS) is 13.7. The van der Waals surface area contributed by atoms with Crippen LogP contribution in [0.4, 0.5) is 4.79 Å². The van der Waals surface area contributed by atoms with Gasteiger partial charge in [0.05, 0.1) is 0 Å². The number of rotatable bonds is 6. The molecule has 0 fully saturated rings. The molecular weight excluding hydrogens is 324 g/mol. The highest BCUT2D eigenvalue weighted by Crippen LogP contribution is 2.32. The maximum Gasteiger partial charge on any atom is 0.514 e. The molecule has 0 bridgehead atoms. The maximum absolute atomic E-state index is 11.7.